The lowest BCUT2D eigenvalue weighted by Gasteiger charge is -2.34. The van der Waals surface area contributed by atoms with Gasteiger partial charge in [0.15, 0.2) is 5.13 Å². The van der Waals surface area contributed by atoms with Crippen LogP contribution in [0.3, 0.4) is 0 Å². The van der Waals surface area contributed by atoms with Gasteiger partial charge in [0, 0.05) is 24.5 Å². The highest BCUT2D eigenvalue weighted by Gasteiger charge is 2.24. The van der Waals surface area contributed by atoms with Crippen molar-refractivity contribution in [1.29, 1.82) is 0 Å². The van der Waals surface area contributed by atoms with Crippen LogP contribution in [0.15, 0.2) is 9.98 Å². The molecule has 1 aromatic rings. The van der Waals surface area contributed by atoms with E-state index >= 15 is 0 Å². The van der Waals surface area contributed by atoms with Crippen molar-refractivity contribution in [2.24, 2.45) is 11.7 Å². The Bertz CT molecular complexity index is 326. The molecule has 2 heterocycles. The second kappa shape index (κ2) is 4.80. The second-order valence-electron chi connectivity index (χ2n) is 4.16. The van der Waals surface area contributed by atoms with Gasteiger partial charge < -0.3 is 10.6 Å². The second-order valence-corrected chi connectivity index (χ2v) is 5.81. The minimum absolute atomic E-state index is 0.288. The van der Waals surface area contributed by atoms with E-state index in [1.54, 1.807) is 11.3 Å². The topological polar surface area (TPSA) is 42.1 Å². The molecule has 1 aliphatic heterocycles. The zero-order valence-corrected chi connectivity index (χ0v) is 11.2. The number of anilines is 1. The third-order valence-corrected chi connectivity index (χ3v) is 4.55. The van der Waals surface area contributed by atoms with Gasteiger partial charge in [0.05, 0.1) is 0 Å². The maximum absolute atomic E-state index is 5.96. The number of nitrogens with two attached hydrogens (primary N) is 1. The highest BCUT2D eigenvalue weighted by atomic mass is 79.9. The average Bonchev–Trinajstić information content (AvgIpc) is 2.65. The predicted octanol–water partition coefficient (Wildman–Crippen LogP) is 2.47. The summed E-state index contributed by atoms with van der Waals surface area (Å²) in [5.41, 5.74) is 5.96. The van der Waals surface area contributed by atoms with E-state index < -0.39 is 0 Å². The van der Waals surface area contributed by atoms with Crippen molar-refractivity contribution in [3.8, 4) is 0 Å². The van der Waals surface area contributed by atoms with E-state index in [1.165, 1.54) is 12.8 Å². The Hall–Kier alpha value is -0.130. The number of nitrogens with zero attached hydrogens (tertiary/aromatic N) is 2. The number of aromatic nitrogens is 1. The molecular weight excluding hydrogens is 274 g/mol. The third kappa shape index (κ3) is 2.71. The minimum Gasteiger partial charge on any atom is -0.348 e. The number of hydrogen-bond donors (Lipinski definition) is 1. The van der Waals surface area contributed by atoms with E-state index in [0.29, 0.717) is 5.92 Å². The summed E-state index contributed by atoms with van der Waals surface area (Å²) in [7, 11) is 0. The molecule has 0 radical (unpaired) electrons. The summed E-state index contributed by atoms with van der Waals surface area (Å²) in [5.74, 6) is 0.612. The number of hydrogen-bond acceptors (Lipinski definition) is 4. The van der Waals surface area contributed by atoms with Gasteiger partial charge in [-0.25, -0.2) is 4.98 Å². The molecular formula is C10H16BrN3S. The Morgan fingerprint density at radius 2 is 2.53 bits per heavy atom. The largest absolute Gasteiger partial charge is 0.348 e. The third-order valence-electron chi connectivity index (χ3n) is 2.94. The van der Waals surface area contributed by atoms with Crippen molar-refractivity contribution in [3.63, 3.8) is 0 Å². The maximum atomic E-state index is 5.96. The Labute approximate surface area is 103 Å². The molecule has 2 atom stereocenters. The zero-order chi connectivity index (χ0) is 10.8. The molecule has 1 aliphatic rings. The van der Waals surface area contributed by atoms with Crippen LogP contribution in [-0.4, -0.2) is 24.1 Å². The van der Waals surface area contributed by atoms with E-state index in [-0.39, 0.29) is 6.04 Å². The van der Waals surface area contributed by atoms with Gasteiger partial charge in [0.25, 0.3) is 0 Å². The quantitative estimate of drug-likeness (QED) is 0.910. The molecule has 3 nitrogen and oxygen atoms in total. The lowest BCUT2D eigenvalue weighted by atomic mass is 9.92. The van der Waals surface area contributed by atoms with Crippen LogP contribution >= 0.6 is 27.3 Å². The minimum atomic E-state index is 0.288. The fraction of sp³-hybridized carbons (Fsp3) is 0.700. The fourth-order valence-electron chi connectivity index (χ4n) is 2.00. The molecule has 1 aromatic heterocycles. The van der Waals surface area contributed by atoms with Gasteiger partial charge in [0.1, 0.15) is 4.60 Å². The van der Waals surface area contributed by atoms with Crippen LogP contribution in [0.4, 0.5) is 5.13 Å². The lowest BCUT2D eigenvalue weighted by Crippen LogP contribution is -2.42. The Morgan fingerprint density at radius 1 is 1.73 bits per heavy atom. The lowest BCUT2D eigenvalue weighted by molar-refractivity contribution is 0.364. The Balaban J connectivity index is 2.04. The maximum Gasteiger partial charge on any atom is 0.186 e. The van der Waals surface area contributed by atoms with Crippen molar-refractivity contribution in [2.75, 3.05) is 18.0 Å². The van der Waals surface area contributed by atoms with Gasteiger partial charge in [-0.3, -0.25) is 0 Å². The van der Waals surface area contributed by atoms with Crippen LogP contribution in [0.2, 0.25) is 0 Å². The zero-order valence-electron chi connectivity index (χ0n) is 8.82. The van der Waals surface area contributed by atoms with Crippen LogP contribution in [-0.2, 0) is 0 Å². The fourth-order valence-corrected chi connectivity index (χ4v) is 3.29. The molecule has 84 valence electrons. The molecule has 5 heteroatoms. The number of rotatable bonds is 2. The van der Waals surface area contributed by atoms with E-state index in [4.69, 9.17) is 5.73 Å². The summed E-state index contributed by atoms with van der Waals surface area (Å²) < 4.78 is 0.936. The molecule has 0 aliphatic carbocycles. The van der Waals surface area contributed by atoms with Crippen LogP contribution in [0.5, 0.6) is 0 Å². The summed E-state index contributed by atoms with van der Waals surface area (Å²) in [6.07, 6.45) is 2.48. The van der Waals surface area contributed by atoms with Crippen molar-refractivity contribution in [3.05, 3.63) is 9.98 Å². The normalized spacial score (nSPS) is 24.2. The molecule has 1 saturated heterocycles. The van der Waals surface area contributed by atoms with Crippen LogP contribution in [0, 0.1) is 5.92 Å². The van der Waals surface area contributed by atoms with E-state index in [1.807, 2.05) is 5.38 Å². The molecule has 15 heavy (non-hydrogen) atoms. The standard InChI is InChI=1S/C10H16BrN3S/c1-7(12)8-3-2-4-14(5-8)10-13-9(11)6-15-10/h6-8H,2-5,12H2,1H3. The number of piperidine rings is 1. The first kappa shape index (κ1) is 11.4. The summed E-state index contributed by atoms with van der Waals surface area (Å²) >= 11 is 5.09. The molecule has 1 fully saturated rings. The number of halogens is 1. The van der Waals surface area contributed by atoms with Gasteiger partial charge in [0.2, 0.25) is 0 Å². The van der Waals surface area contributed by atoms with Gasteiger partial charge in [-0.15, -0.1) is 11.3 Å². The van der Waals surface area contributed by atoms with E-state index in [0.717, 1.165) is 22.8 Å². The summed E-state index contributed by atoms with van der Waals surface area (Å²) in [6, 6.07) is 0.288. The van der Waals surface area contributed by atoms with Gasteiger partial charge >= 0.3 is 0 Å². The first-order valence-electron chi connectivity index (χ1n) is 5.28. The molecule has 2 N–H and O–H groups in total. The summed E-state index contributed by atoms with van der Waals surface area (Å²) in [4.78, 5) is 6.80. The molecule has 0 spiro atoms. The van der Waals surface area contributed by atoms with E-state index in [9.17, 15) is 0 Å². The SMILES string of the molecule is CC(N)C1CCCN(c2nc(Br)cs2)C1. The Kier molecular flexibility index (Phi) is 3.64. The molecule has 0 amide bonds. The molecule has 0 saturated carbocycles. The summed E-state index contributed by atoms with van der Waals surface area (Å²) in [6.45, 7) is 4.27. The number of thiazole rings is 1. The predicted molar refractivity (Wildman–Crippen MR) is 68.4 cm³/mol. The first-order valence-corrected chi connectivity index (χ1v) is 6.95. The van der Waals surface area contributed by atoms with Crippen LogP contribution < -0.4 is 10.6 Å². The van der Waals surface area contributed by atoms with E-state index in [2.05, 4.69) is 32.7 Å². The smallest absolute Gasteiger partial charge is 0.186 e. The molecule has 0 bridgehead atoms. The highest BCUT2D eigenvalue weighted by molar-refractivity contribution is 9.10. The van der Waals surface area contributed by atoms with Gasteiger partial charge in [-0.1, -0.05) is 0 Å². The monoisotopic (exact) mass is 289 g/mol. The Morgan fingerprint density at radius 3 is 3.13 bits per heavy atom. The average molecular weight is 290 g/mol. The van der Waals surface area contributed by atoms with Crippen molar-refractivity contribution >= 4 is 32.4 Å². The van der Waals surface area contributed by atoms with Crippen LogP contribution in [0.25, 0.3) is 0 Å². The van der Waals surface area contributed by atoms with Crippen molar-refractivity contribution < 1.29 is 0 Å². The van der Waals surface area contributed by atoms with Gasteiger partial charge in [-0.2, -0.15) is 0 Å². The molecule has 2 unspecified atom stereocenters. The van der Waals surface area contributed by atoms with Crippen molar-refractivity contribution in [1.82, 2.24) is 4.98 Å². The summed E-state index contributed by atoms with van der Waals surface area (Å²) in [5, 5.41) is 3.15. The molecule has 2 rings (SSSR count). The van der Waals surface area contributed by atoms with Crippen molar-refractivity contribution in [2.45, 2.75) is 25.8 Å². The highest BCUT2D eigenvalue weighted by Crippen LogP contribution is 2.28. The van der Waals surface area contributed by atoms with Gasteiger partial charge in [-0.05, 0) is 41.6 Å². The molecule has 0 aromatic carbocycles. The first-order chi connectivity index (χ1) is 7.16. The van der Waals surface area contributed by atoms with Crippen LogP contribution in [0.1, 0.15) is 19.8 Å².